The third kappa shape index (κ3) is 2.41. The molecule has 0 bridgehead atoms. The Balaban J connectivity index is 1.72. The standard InChI is InChI=1S/C14H18N2O2/c17-14(10-16-5-7-18-8-6-16)12-2-1-11-3-4-15-13(11)9-12/h1-4,9,14-15,17H,5-8,10H2/t14-/m1/s1. The average molecular weight is 246 g/mol. The summed E-state index contributed by atoms with van der Waals surface area (Å²) in [6, 6.07) is 8.11. The molecule has 18 heavy (non-hydrogen) atoms. The number of rotatable bonds is 3. The molecule has 2 aromatic rings. The minimum Gasteiger partial charge on any atom is -0.387 e. The molecule has 4 nitrogen and oxygen atoms in total. The molecule has 0 amide bonds. The summed E-state index contributed by atoms with van der Waals surface area (Å²) in [4.78, 5) is 5.42. The largest absolute Gasteiger partial charge is 0.387 e. The predicted octanol–water partition coefficient (Wildman–Crippen LogP) is 1.53. The van der Waals surface area contributed by atoms with Gasteiger partial charge in [-0.05, 0) is 23.1 Å². The van der Waals surface area contributed by atoms with Crippen LogP contribution >= 0.6 is 0 Å². The number of aromatic nitrogens is 1. The summed E-state index contributed by atoms with van der Waals surface area (Å²) >= 11 is 0. The van der Waals surface area contributed by atoms with Crippen molar-refractivity contribution in [2.24, 2.45) is 0 Å². The Hall–Kier alpha value is -1.36. The van der Waals surface area contributed by atoms with Crippen molar-refractivity contribution < 1.29 is 9.84 Å². The van der Waals surface area contributed by atoms with E-state index in [1.54, 1.807) is 0 Å². The first-order valence-electron chi connectivity index (χ1n) is 6.38. The summed E-state index contributed by atoms with van der Waals surface area (Å²) in [5.41, 5.74) is 2.05. The number of morpholine rings is 1. The van der Waals surface area contributed by atoms with Gasteiger partial charge in [-0.15, -0.1) is 0 Å². The lowest BCUT2D eigenvalue weighted by molar-refractivity contribution is 0.0143. The number of hydrogen-bond donors (Lipinski definition) is 2. The molecule has 2 heterocycles. The summed E-state index contributed by atoms with van der Waals surface area (Å²) in [6.07, 6.45) is 1.49. The van der Waals surface area contributed by atoms with E-state index in [-0.39, 0.29) is 0 Å². The average Bonchev–Trinajstić information content (AvgIpc) is 2.87. The maximum absolute atomic E-state index is 10.3. The van der Waals surface area contributed by atoms with Gasteiger partial charge in [-0.25, -0.2) is 0 Å². The molecule has 1 aromatic carbocycles. The molecule has 1 fully saturated rings. The van der Waals surface area contributed by atoms with Crippen LogP contribution in [0.3, 0.4) is 0 Å². The topological polar surface area (TPSA) is 48.5 Å². The molecule has 0 radical (unpaired) electrons. The summed E-state index contributed by atoms with van der Waals surface area (Å²) < 4.78 is 5.31. The van der Waals surface area contributed by atoms with Gasteiger partial charge >= 0.3 is 0 Å². The first-order chi connectivity index (χ1) is 8.83. The third-order valence-electron chi connectivity index (χ3n) is 3.50. The molecule has 96 valence electrons. The first kappa shape index (κ1) is 11.7. The lowest BCUT2D eigenvalue weighted by Crippen LogP contribution is -2.38. The predicted molar refractivity (Wildman–Crippen MR) is 70.5 cm³/mol. The number of benzene rings is 1. The fourth-order valence-corrected chi connectivity index (χ4v) is 2.41. The van der Waals surface area contributed by atoms with Crippen LogP contribution in [-0.4, -0.2) is 47.8 Å². The Morgan fingerprint density at radius 2 is 2.11 bits per heavy atom. The normalized spacial score (nSPS) is 19.2. The number of ether oxygens (including phenoxy) is 1. The number of aliphatic hydroxyl groups is 1. The maximum atomic E-state index is 10.3. The highest BCUT2D eigenvalue weighted by atomic mass is 16.5. The van der Waals surface area contributed by atoms with Gasteiger partial charge in [0, 0.05) is 31.3 Å². The number of nitrogens with one attached hydrogen (secondary N) is 1. The molecule has 1 atom stereocenters. The highest BCUT2D eigenvalue weighted by Crippen LogP contribution is 2.20. The second-order valence-corrected chi connectivity index (χ2v) is 4.75. The number of hydrogen-bond acceptors (Lipinski definition) is 3. The second-order valence-electron chi connectivity index (χ2n) is 4.75. The Labute approximate surface area is 106 Å². The van der Waals surface area contributed by atoms with Gasteiger partial charge in [0.1, 0.15) is 0 Å². The Bertz CT molecular complexity index is 517. The van der Waals surface area contributed by atoms with Crippen molar-refractivity contribution in [1.82, 2.24) is 9.88 Å². The zero-order valence-corrected chi connectivity index (χ0v) is 10.3. The van der Waals surface area contributed by atoms with Crippen LogP contribution in [-0.2, 0) is 4.74 Å². The minimum absolute atomic E-state index is 0.434. The van der Waals surface area contributed by atoms with E-state index in [0.29, 0.717) is 6.54 Å². The molecule has 3 rings (SSSR count). The van der Waals surface area contributed by atoms with Crippen LogP contribution in [0.4, 0.5) is 0 Å². The number of fused-ring (bicyclic) bond motifs is 1. The SMILES string of the molecule is O[C@H](CN1CCOCC1)c1ccc2cc[nH]c2c1. The van der Waals surface area contributed by atoms with Crippen molar-refractivity contribution in [1.29, 1.82) is 0 Å². The van der Waals surface area contributed by atoms with Gasteiger partial charge in [0.05, 0.1) is 19.3 Å². The Morgan fingerprint density at radius 3 is 2.94 bits per heavy atom. The molecule has 1 aliphatic rings. The summed E-state index contributed by atoms with van der Waals surface area (Å²) in [5.74, 6) is 0. The number of aromatic amines is 1. The van der Waals surface area contributed by atoms with Crippen molar-refractivity contribution in [2.75, 3.05) is 32.8 Å². The molecule has 4 heteroatoms. The molecule has 0 spiro atoms. The molecule has 2 N–H and O–H groups in total. The minimum atomic E-state index is -0.434. The molecular weight excluding hydrogens is 228 g/mol. The fraction of sp³-hybridized carbons (Fsp3) is 0.429. The Kier molecular flexibility index (Phi) is 3.32. The highest BCUT2D eigenvalue weighted by Gasteiger charge is 2.16. The van der Waals surface area contributed by atoms with Crippen LogP contribution in [0, 0.1) is 0 Å². The van der Waals surface area contributed by atoms with Crippen molar-refractivity contribution in [3.8, 4) is 0 Å². The van der Waals surface area contributed by atoms with E-state index in [1.165, 1.54) is 5.39 Å². The van der Waals surface area contributed by atoms with Gasteiger partial charge in [0.25, 0.3) is 0 Å². The van der Waals surface area contributed by atoms with E-state index in [2.05, 4.69) is 9.88 Å². The second kappa shape index (κ2) is 5.10. The van der Waals surface area contributed by atoms with Crippen molar-refractivity contribution in [3.63, 3.8) is 0 Å². The number of nitrogens with zero attached hydrogens (tertiary/aromatic N) is 1. The van der Waals surface area contributed by atoms with Crippen LogP contribution in [0.1, 0.15) is 11.7 Å². The van der Waals surface area contributed by atoms with Crippen molar-refractivity contribution >= 4 is 10.9 Å². The van der Waals surface area contributed by atoms with E-state index < -0.39 is 6.10 Å². The van der Waals surface area contributed by atoms with Crippen LogP contribution in [0.5, 0.6) is 0 Å². The van der Waals surface area contributed by atoms with Crippen molar-refractivity contribution in [3.05, 3.63) is 36.0 Å². The highest BCUT2D eigenvalue weighted by molar-refractivity contribution is 5.79. The van der Waals surface area contributed by atoms with Gasteiger partial charge in [-0.3, -0.25) is 4.90 Å². The maximum Gasteiger partial charge on any atom is 0.0917 e. The quantitative estimate of drug-likeness (QED) is 0.863. The van der Waals surface area contributed by atoms with E-state index in [9.17, 15) is 5.11 Å². The summed E-state index contributed by atoms with van der Waals surface area (Å²) in [7, 11) is 0. The van der Waals surface area contributed by atoms with Gasteiger partial charge in [0.2, 0.25) is 0 Å². The number of H-pyrrole nitrogens is 1. The van der Waals surface area contributed by atoms with E-state index in [4.69, 9.17) is 4.74 Å². The molecule has 1 aromatic heterocycles. The third-order valence-corrected chi connectivity index (χ3v) is 3.50. The first-order valence-corrected chi connectivity index (χ1v) is 6.38. The van der Waals surface area contributed by atoms with Gasteiger partial charge < -0.3 is 14.8 Å². The number of aliphatic hydroxyl groups excluding tert-OH is 1. The van der Waals surface area contributed by atoms with E-state index >= 15 is 0 Å². The smallest absolute Gasteiger partial charge is 0.0917 e. The van der Waals surface area contributed by atoms with Crippen LogP contribution in [0.15, 0.2) is 30.5 Å². The Morgan fingerprint density at radius 1 is 1.28 bits per heavy atom. The van der Waals surface area contributed by atoms with Gasteiger partial charge in [-0.1, -0.05) is 12.1 Å². The summed E-state index contributed by atoms with van der Waals surface area (Å²) in [6.45, 7) is 4.02. The van der Waals surface area contributed by atoms with Crippen LogP contribution in [0.2, 0.25) is 0 Å². The van der Waals surface area contributed by atoms with E-state index in [0.717, 1.165) is 37.4 Å². The monoisotopic (exact) mass is 246 g/mol. The molecular formula is C14H18N2O2. The summed E-state index contributed by atoms with van der Waals surface area (Å²) in [5, 5.41) is 11.5. The molecule has 1 aliphatic heterocycles. The lowest BCUT2D eigenvalue weighted by atomic mass is 10.1. The molecule has 0 aliphatic carbocycles. The van der Waals surface area contributed by atoms with Crippen LogP contribution in [0.25, 0.3) is 10.9 Å². The number of β-amino-alcohol motifs (C(OH)–C–C–N with tert-alkyl or cyclic N) is 1. The molecule has 0 unspecified atom stereocenters. The zero-order valence-electron chi connectivity index (χ0n) is 10.3. The van der Waals surface area contributed by atoms with Gasteiger partial charge in [-0.2, -0.15) is 0 Å². The lowest BCUT2D eigenvalue weighted by Gasteiger charge is -2.28. The van der Waals surface area contributed by atoms with Crippen molar-refractivity contribution in [2.45, 2.75) is 6.10 Å². The van der Waals surface area contributed by atoms with Gasteiger partial charge in [0.15, 0.2) is 0 Å². The van der Waals surface area contributed by atoms with E-state index in [1.807, 2.05) is 30.5 Å². The molecule has 1 saturated heterocycles. The molecule has 0 saturated carbocycles. The zero-order chi connectivity index (χ0) is 12.4. The fourth-order valence-electron chi connectivity index (χ4n) is 2.41. The van der Waals surface area contributed by atoms with Crippen LogP contribution < -0.4 is 0 Å².